The van der Waals surface area contributed by atoms with Crippen LogP contribution in [0.4, 0.5) is 17.1 Å². The molecule has 0 saturated carbocycles. The first-order valence-electron chi connectivity index (χ1n) is 20.8. The topological polar surface area (TPSA) is 16.4 Å². The summed E-state index contributed by atoms with van der Waals surface area (Å²) in [6.07, 6.45) is 19.6. The lowest BCUT2D eigenvalue weighted by Crippen LogP contribution is -2.28. The number of hydrogen-bond acceptors (Lipinski definition) is 2. The Hall–Kier alpha value is -6.38. The molecule has 7 aromatic rings. The minimum atomic E-state index is -0.390. The summed E-state index contributed by atoms with van der Waals surface area (Å²) in [5, 5.41) is 2.27. The zero-order chi connectivity index (χ0) is 37.9. The second-order valence-electron chi connectivity index (χ2n) is 16.0. The van der Waals surface area contributed by atoms with E-state index in [0.717, 1.165) is 83.9 Å². The van der Waals surface area contributed by atoms with Gasteiger partial charge in [-0.2, -0.15) is 0 Å². The smallest absolute Gasteiger partial charge is 0.137 e. The minimum absolute atomic E-state index is 0.390. The lowest BCUT2D eigenvalue weighted by atomic mass is 9.67. The SMILES string of the molecule is C/C=C\CCCc1cccc(N(c2ccc3c(c2)C2(C4=CCCC=C4C4=C2C=C(c2ccccc2)CC4)c2ccccc2-3)c2cccc3oc4ccccc4c23)c1. The van der Waals surface area contributed by atoms with E-state index < -0.39 is 5.41 Å². The number of unbranched alkanes of at least 4 members (excludes halogenated alkanes) is 1. The molecule has 11 rings (SSSR count). The Morgan fingerprint density at radius 2 is 1.47 bits per heavy atom. The van der Waals surface area contributed by atoms with E-state index in [4.69, 9.17) is 4.42 Å². The Balaban J connectivity index is 1.16. The van der Waals surface area contributed by atoms with Crippen molar-refractivity contribution in [1.82, 2.24) is 0 Å². The molecule has 0 saturated heterocycles. The van der Waals surface area contributed by atoms with Crippen molar-refractivity contribution in [2.24, 2.45) is 0 Å². The van der Waals surface area contributed by atoms with E-state index in [9.17, 15) is 0 Å². The van der Waals surface area contributed by atoms with E-state index in [-0.39, 0.29) is 0 Å². The van der Waals surface area contributed by atoms with Gasteiger partial charge in [-0.05, 0) is 156 Å². The molecule has 0 N–H and O–H groups in total. The zero-order valence-corrected chi connectivity index (χ0v) is 32.5. The molecule has 1 heterocycles. The third kappa shape index (κ3) is 5.23. The third-order valence-electron chi connectivity index (χ3n) is 12.9. The molecule has 57 heavy (non-hydrogen) atoms. The number of aryl methyl sites for hydroxylation is 1. The Morgan fingerprint density at radius 1 is 0.684 bits per heavy atom. The highest BCUT2D eigenvalue weighted by Crippen LogP contribution is 2.66. The highest BCUT2D eigenvalue weighted by Gasteiger charge is 2.54. The summed E-state index contributed by atoms with van der Waals surface area (Å²) in [6.45, 7) is 2.11. The largest absolute Gasteiger partial charge is 0.456 e. The van der Waals surface area contributed by atoms with Gasteiger partial charge in [0.2, 0.25) is 0 Å². The Labute approximate surface area is 335 Å². The lowest BCUT2D eigenvalue weighted by Gasteiger charge is -2.35. The van der Waals surface area contributed by atoms with Gasteiger partial charge in [0.1, 0.15) is 11.2 Å². The van der Waals surface area contributed by atoms with Crippen LogP contribution in [0.5, 0.6) is 0 Å². The summed E-state index contributed by atoms with van der Waals surface area (Å²) >= 11 is 0. The van der Waals surface area contributed by atoms with Crippen LogP contribution < -0.4 is 4.90 Å². The maximum atomic E-state index is 6.51. The second kappa shape index (κ2) is 13.7. The molecule has 276 valence electrons. The van der Waals surface area contributed by atoms with Gasteiger partial charge in [0.25, 0.3) is 0 Å². The van der Waals surface area contributed by atoms with Crippen molar-refractivity contribution in [2.75, 3.05) is 4.90 Å². The third-order valence-corrected chi connectivity index (χ3v) is 12.9. The van der Waals surface area contributed by atoms with E-state index in [1.165, 1.54) is 61.2 Å². The minimum Gasteiger partial charge on any atom is -0.456 e. The highest BCUT2D eigenvalue weighted by molar-refractivity contribution is 6.13. The number of allylic oxidation sites excluding steroid dienone is 10. The quantitative estimate of drug-likeness (QED) is 0.114. The predicted molar refractivity (Wildman–Crippen MR) is 238 cm³/mol. The average molecular weight is 736 g/mol. The fourth-order valence-electron chi connectivity index (χ4n) is 10.5. The van der Waals surface area contributed by atoms with E-state index in [1.54, 1.807) is 0 Å². The number of fused-ring (bicyclic) bond motifs is 12. The maximum Gasteiger partial charge on any atom is 0.137 e. The number of para-hydroxylation sites is 1. The highest BCUT2D eigenvalue weighted by atomic mass is 16.3. The molecule has 1 unspecified atom stereocenters. The fraction of sp³-hybridized carbons (Fsp3) is 0.164. The molecule has 0 fully saturated rings. The van der Waals surface area contributed by atoms with Crippen molar-refractivity contribution in [2.45, 2.75) is 57.3 Å². The number of benzene rings is 6. The van der Waals surface area contributed by atoms with Gasteiger partial charge in [-0.25, -0.2) is 0 Å². The standard InChI is InChI=1S/C55H45NO/c1-2-3-4-6-17-37-18-15-21-40(34-37)56(51-27-16-29-53-54(51)46-24-11-14-28-52(46)57-53)41-31-33-45-43-23-10-13-26-48(43)55(50(45)36-41)47-25-12-9-22-42(47)44-32-30-39(35-49(44)55)38-19-7-5-8-20-38/h2-3,5,7-8,10-11,13-16,18-29,31,33-36H,4,6,9,12,17,30,32H2,1H3/b3-2-. The first kappa shape index (κ1) is 33.9. The van der Waals surface area contributed by atoms with Gasteiger partial charge in [-0.1, -0.05) is 127 Å². The molecule has 0 aliphatic heterocycles. The fourth-order valence-corrected chi connectivity index (χ4v) is 10.5. The molecule has 0 radical (unpaired) electrons. The van der Waals surface area contributed by atoms with Crippen molar-refractivity contribution >= 4 is 44.6 Å². The molecule has 0 amide bonds. The summed E-state index contributed by atoms with van der Waals surface area (Å²) in [4.78, 5) is 2.50. The number of nitrogens with zero attached hydrogens (tertiary/aromatic N) is 1. The van der Waals surface area contributed by atoms with Crippen LogP contribution in [0.3, 0.4) is 0 Å². The maximum absolute atomic E-state index is 6.51. The number of anilines is 3. The van der Waals surface area contributed by atoms with Gasteiger partial charge in [0.05, 0.1) is 16.5 Å². The molecule has 2 heteroatoms. The Bertz CT molecular complexity index is 2890. The zero-order valence-electron chi connectivity index (χ0n) is 32.5. The van der Waals surface area contributed by atoms with Crippen LogP contribution in [0.25, 0.3) is 38.6 Å². The van der Waals surface area contributed by atoms with Gasteiger partial charge in [-0.3, -0.25) is 0 Å². The van der Waals surface area contributed by atoms with Crippen LogP contribution in [-0.4, -0.2) is 0 Å². The normalized spacial score (nSPS) is 18.1. The van der Waals surface area contributed by atoms with Crippen molar-refractivity contribution in [3.63, 3.8) is 0 Å². The first-order chi connectivity index (χ1) is 28.2. The summed E-state index contributed by atoms with van der Waals surface area (Å²) in [5.74, 6) is 0. The predicted octanol–water partition coefficient (Wildman–Crippen LogP) is 15.1. The Morgan fingerprint density at radius 3 is 2.40 bits per heavy atom. The second-order valence-corrected chi connectivity index (χ2v) is 16.0. The summed E-state index contributed by atoms with van der Waals surface area (Å²) in [7, 11) is 0. The molecule has 4 aliphatic carbocycles. The summed E-state index contributed by atoms with van der Waals surface area (Å²) in [6, 6.07) is 51.8. The molecule has 4 aliphatic rings. The monoisotopic (exact) mass is 735 g/mol. The molecular formula is C55H45NO. The molecule has 0 bridgehead atoms. The lowest BCUT2D eigenvalue weighted by molar-refractivity contribution is 0.669. The molecule has 2 nitrogen and oxygen atoms in total. The summed E-state index contributed by atoms with van der Waals surface area (Å²) < 4.78 is 6.51. The van der Waals surface area contributed by atoms with E-state index >= 15 is 0 Å². The van der Waals surface area contributed by atoms with Crippen molar-refractivity contribution in [1.29, 1.82) is 0 Å². The molecular weight excluding hydrogens is 691 g/mol. The molecule has 1 spiro atoms. The van der Waals surface area contributed by atoms with E-state index in [1.807, 2.05) is 0 Å². The van der Waals surface area contributed by atoms with Crippen LogP contribution in [0.2, 0.25) is 0 Å². The summed E-state index contributed by atoms with van der Waals surface area (Å²) in [5.41, 5.74) is 20.4. The van der Waals surface area contributed by atoms with Crippen molar-refractivity contribution < 1.29 is 4.42 Å². The van der Waals surface area contributed by atoms with Crippen molar-refractivity contribution in [3.05, 3.63) is 214 Å². The van der Waals surface area contributed by atoms with Gasteiger partial charge >= 0.3 is 0 Å². The first-order valence-corrected chi connectivity index (χ1v) is 20.8. The van der Waals surface area contributed by atoms with Crippen LogP contribution in [0, 0.1) is 0 Å². The number of rotatable bonds is 8. The van der Waals surface area contributed by atoms with Crippen LogP contribution in [0.1, 0.15) is 67.7 Å². The molecule has 1 aromatic heterocycles. The van der Waals surface area contributed by atoms with Crippen molar-refractivity contribution in [3.8, 4) is 11.1 Å². The van der Waals surface area contributed by atoms with Crippen LogP contribution >= 0.6 is 0 Å². The van der Waals surface area contributed by atoms with Gasteiger partial charge in [0, 0.05) is 16.8 Å². The molecule has 6 aromatic carbocycles. The Kier molecular flexibility index (Phi) is 8.14. The van der Waals surface area contributed by atoms with Crippen LogP contribution in [0.15, 0.2) is 197 Å². The van der Waals surface area contributed by atoms with Gasteiger partial charge in [0.15, 0.2) is 0 Å². The molecule has 1 atom stereocenters. The average Bonchev–Trinajstić information content (AvgIpc) is 3.90. The number of furan rings is 1. The van der Waals surface area contributed by atoms with E-state index in [0.29, 0.717) is 0 Å². The number of hydrogen-bond donors (Lipinski definition) is 0. The van der Waals surface area contributed by atoms with E-state index in [2.05, 4.69) is 182 Å². The van der Waals surface area contributed by atoms with Gasteiger partial charge < -0.3 is 9.32 Å². The van der Waals surface area contributed by atoms with Gasteiger partial charge in [-0.15, -0.1) is 0 Å². The van der Waals surface area contributed by atoms with Crippen LogP contribution in [-0.2, 0) is 11.8 Å².